The lowest BCUT2D eigenvalue weighted by atomic mass is 10.3. The SMILES string of the molecule is CCOC(=O)/N=C(/Nc1ccccc1Cl)SCC=O. The molecule has 1 amide bonds. The maximum Gasteiger partial charge on any atom is 0.436 e. The Bertz CT molecular complexity index is 480. The van der Waals surface area contributed by atoms with Crippen LogP contribution in [0, 0.1) is 0 Å². The van der Waals surface area contributed by atoms with Crippen LogP contribution in [0.15, 0.2) is 29.3 Å². The number of aliphatic imine (C=N–C) groups is 1. The van der Waals surface area contributed by atoms with Gasteiger partial charge in [-0.2, -0.15) is 4.99 Å². The molecule has 0 fully saturated rings. The molecule has 7 heteroatoms. The third kappa shape index (κ3) is 5.76. The van der Waals surface area contributed by atoms with Crippen LogP contribution in [-0.4, -0.2) is 29.9 Å². The molecule has 1 aromatic carbocycles. The molecule has 0 aromatic heterocycles. The first kappa shape index (κ1) is 15.5. The lowest BCUT2D eigenvalue weighted by molar-refractivity contribution is -0.105. The summed E-state index contributed by atoms with van der Waals surface area (Å²) >= 11 is 7.08. The monoisotopic (exact) mass is 300 g/mol. The number of thioether (sulfide) groups is 1. The summed E-state index contributed by atoms with van der Waals surface area (Å²) in [6.45, 7) is 1.92. The summed E-state index contributed by atoms with van der Waals surface area (Å²) in [7, 11) is 0. The Morgan fingerprint density at radius 2 is 2.26 bits per heavy atom. The molecule has 0 bridgehead atoms. The van der Waals surface area contributed by atoms with E-state index < -0.39 is 6.09 Å². The summed E-state index contributed by atoms with van der Waals surface area (Å²) in [4.78, 5) is 25.4. The van der Waals surface area contributed by atoms with Crippen LogP contribution in [0.25, 0.3) is 0 Å². The lowest BCUT2D eigenvalue weighted by Crippen LogP contribution is -2.12. The number of halogens is 1. The molecule has 0 aliphatic rings. The van der Waals surface area contributed by atoms with Crippen molar-refractivity contribution in [3.05, 3.63) is 29.3 Å². The van der Waals surface area contributed by atoms with Gasteiger partial charge in [0.1, 0.15) is 6.29 Å². The molecule has 1 N–H and O–H groups in total. The average Bonchev–Trinajstić information content (AvgIpc) is 2.39. The quantitative estimate of drug-likeness (QED) is 0.525. The normalized spacial score (nSPS) is 10.9. The minimum Gasteiger partial charge on any atom is -0.448 e. The van der Waals surface area contributed by atoms with Gasteiger partial charge in [0.25, 0.3) is 0 Å². The van der Waals surface area contributed by atoms with Gasteiger partial charge in [-0.25, -0.2) is 4.79 Å². The Balaban J connectivity index is 2.82. The highest BCUT2D eigenvalue weighted by Gasteiger charge is 2.07. The second-order valence-corrected chi connectivity index (χ2v) is 4.61. The van der Waals surface area contributed by atoms with Gasteiger partial charge in [-0.05, 0) is 19.1 Å². The standard InChI is InChI=1S/C12H13ClN2O3S/c1-2-18-12(17)15-11(19-8-7-16)14-10-6-4-3-5-9(10)13/h3-7H,2,8H2,1H3,(H,14,15,17). The number of ether oxygens (including phenoxy) is 1. The van der Waals surface area contributed by atoms with Crippen molar-refractivity contribution >= 4 is 46.6 Å². The molecule has 0 unspecified atom stereocenters. The first-order valence-electron chi connectivity index (χ1n) is 5.50. The first-order valence-corrected chi connectivity index (χ1v) is 6.87. The Hall–Kier alpha value is -1.53. The highest BCUT2D eigenvalue weighted by atomic mass is 35.5. The van der Waals surface area contributed by atoms with E-state index in [1.54, 1.807) is 31.2 Å². The van der Waals surface area contributed by atoms with Crippen molar-refractivity contribution in [2.75, 3.05) is 17.7 Å². The van der Waals surface area contributed by atoms with E-state index in [4.69, 9.17) is 16.3 Å². The van der Waals surface area contributed by atoms with Crippen LogP contribution < -0.4 is 5.32 Å². The number of carbonyl (C=O) groups is 2. The smallest absolute Gasteiger partial charge is 0.436 e. The van der Waals surface area contributed by atoms with Crippen LogP contribution in [0.1, 0.15) is 6.92 Å². The number of amides is 1. The maximum atomic E-state index is 11.3. The molecule has 0 saturated heterocycles. The zero-order chi connectivity index (χ0) is 14.1. The Morgan fingerprint density at radius 1 is 1.53 bits per heavy atom. The highest BCUT2D eigenvalue weighted by Crippen LogP contribution is 2.22. The molecule has 0 spiro atoms. The van der Waals surface area contributed by atoms with Gasteiger partial charge < -0.3 is 14.8 Å². The number of hydrogen-bond donors (Lipinski definition) is 1. The van der Waals surface area contributed by atoms with Crippen LogP contribution in [0.4, 0.5) is 10.5 Å². The molecule has 5 nitrogen and oxygen atoms in total. The van der Waals surface area contributed by atoms with Crippen LogP contribution in [0.2, 0.25) is 5.02 Å². The van der Waals surface area contributed by atoms with Crippen molar-refractivity contribution in [3.8, 4) is 0 Å². The van der Waals surface area contributed by atoms with Gasteiger partial charge >= 0.3 is 6.09 Å². The van der Waals surface area contributed by atoms with E-state index in [0.717, 1.165) is 18.0 Å². The predicted octanol–water partition coefficient (Wildman–Crippen LogP) is 3.20. The molecule has 0 heterocycles. The summed E-state index contributed by atoms with van der Waals surface area (Å²) in [6, 6.07) is 7.02. The number of hydrogen-bond acceptors (Lipinski definition) is 4. The Morgan fingerprint density at radius 3 is 2.89 bits per heavy atom. The number of anilines is 1. The van der Waals surface area contributed by atoms with Crippen LogP contribution in [0.5, 0.6) is 0 Å². The number of carbonyl (C=O) groups excluding carboxylic acids is 2. The van der Waals surface area contributed by atoms with Crippen molar-refractivity contribution in [2.45, 2.75) is 6.92 Å². The van der Waals surface area contributed by atoms with Crippen molar-refractivity contribution < 1.29 is 14.3 Å². The maximum absolute atomic E-state index is 11.3. The fourth-order valence-corrected chi connectivity index (χ4v) is 1.86. The van der Waals surface area contributed by atoms with Gasteiger partial charge in [-0.1, -0.05) is 35.5 Å². The van der Waals surface area contributed by atoms with E-state index in [1.165, 1.54) is 0 Å². The fourth-order valence-electron chi connectivity index (χ4n) is 1.13. The third-order valence-electron chi connectivity index (χ3n) is 1.86. The zero-order valence-corrected chi connectivity index (χ0v) is 11.8. The summed E-state index contributed by atoms with van der Waals surface area (Å²) < 4.78 is 4.72. The number of aldehydes is 1. The third-order valence-corrected chi connectivity index (χ3v) is 2.96. The van der Waals surface area contributed by atoms with Crippen molar-refractivity contribution in [1.82, 2.24) is 0 Å². The number of para-hydroxylation sites is 1. The molecule has 0 saturated carbocycles. The van der Waals surface area contributed by atoms with Gasteiger partial charge in [0.05, 0.1) is 23.1 Å². The van der Waals surface area contributed by atoms with Gasteiger partial charge in [0.15, 0.2) is 5.17 Å². The van der Waals surface area contributed by atoms with Gasteiger partial charge in [-0.15, -0.1) is 0 Å². The van der Waals surface area contributed by atoms with Gasteiger partial charge in [0.2, 0.25) is 0 Å². The molecule has 1 aromatic rings. The van der Waals surface area contributed by atoms with Crippen molar-refractivity contribution in [1.29, 1.82) is 0 Å². The molecule has 0 aliphatic heterocycles. The van der Waals surface area contributed by atoms with Crippen molar-refractivity contribution in [2.24, 2.45) is 4.99 Å². The highest BCUT2D eigenvalue weighted by molar-refractivity contribution is 8.14. The number of nitrogens with zero attached hydrogens (tertiary/aromatic N) is 1. The molecule has 1 rings (SSSR count). The summed E-state index contributed by atoms with van der Waals surface area (Å²) in [5, 5.41) is 3.65. The number of nitrogens with one attached hydrogen (secondary N) is 1. The van der Waals surface area contributed by atoms with Gasteiger partial charge in [-0.3, -0.25) is 0 Å². The summed E-state index contributed by atoms with van der Waals surface area (Å²) in [5.74, 6) is 0.176. The molecular weight excluding hydrogens is 288 g/mol. The van der Waals surface area contributed by atoms with E-state index in [9.17, 15) is 9.59 Å². The molecule has 0 aliphatic carbocycles. The second kappa shape index (κ2) is 8.55. The largest absolute Gasteiger partial charge is 0.448 e. The molecule has 0 radical (unpaired) electrons. The second-order valence-electron chi connectivity index (χ2n) is 3.20. The predicted molar refractivity (Wildman–Crippen MR) is 78.1 cm³/mol. The Labute approximate surface area is 120 Å². The first-order chi connectivity index (χ1) is 9.17. The van der Waals surface area contributed by atoms with E-state index in [1.807, 2.05) is 0 Å². The van der Waals surface area contributed by atoms with Crippen LogP contribution in [-0.2, 0) is 9.53 Å². The molecule has 19 heavy (non-hydrogen) atoms. The Kier molecular flexibility index (Phi) is 6.99. The summed E-state index contributed by atoms with van der Waals surface area (Å²) in [5.41, 5.74) is 0.602. The number of amidine groups is 1. The lowest BCUT2D eigenvalue weighted by Gasteiger charge is -2.09. The summed E-state index contributed by atoms with van der Waals surface area (Å²) in [6.07, 6.45) is 0.00930. The van der Waals surface area contributed by atoms with E-state index in [0.29, 0.717) is 10.7 Å². The van der Waals surface area contributed by atoms with Crippen LogP contribution in [0.3, 0.4) is 0 Å². The molecular formula is C12H13ClN2O3S. The van der Waals surface area contributed by atoms with E-state index in [-0.39, 0.29) is 17.5 Å². The molecule has 102 valence electrons. The fraction of sp³-hybridized carbons (Fsp3) is 0.250. The number of rotatable bonds is 4. The van der Waals surface area contributed by atoms with E-state index in [2.05, 4.69) is 10.3 Å². The van der Waals surface area contributed by atoms with E-state index >= 15 is 0 Å². The molecule has 0 atom stereocenters. The van der Waals surface area contributed by atoms with Crippen LogP contribution >= 0.6 is 23.4 Å². The number of benzene rings is 1. The average molecular weight is 301 g/mol. The van der Waals surface area contributed by atoms with Gasteiger partial charge in [0, 0.05) is 0 Å². The zero-order valence-electron chi connectivity index (χ0n) is 10.3. The topological polar surface area (TPSA) is 67.8 Å². The van der Waals surface area contributed by atoms with Crippen molar-refractivity contribution in [3.63, 3.8) is 0 Å². The minimum atomic E-state index is -0.713. The minimum absolute atomic E-state index is 0.176.